The molecule has 3 N–H and O–H groups in total. The highest BCUT2D eigenvalue weighted by Gasteiger charge is 2.06. The van der Waals surface area contributed by atoms with Crippen LogP contribution in [0, 0.1) is 6.92 Å². The number of aromatic amines is 1. The van der Waals surface area contributed by atoms with Crippen LogP contribution in [0.25, 0.3) is 0 Å². The maximum atomic E-state index is 11.7. The summed E-state index contributed by atoms with van der Waals surface area (Å²) in [5, 5.41) is 20.4. The van der Waals surface area contributed by atoms with Crippen molar-refractivity contribution in [3.63, 3.8) is 0 Å². The van der Waals surface area contributed by atoms with Gasteiger partial charge in [-0.25, -0.2) is 10.4 Å². The lowest BCUT2D eigenvalue weighted by molar-refractivity contribution is -0.118. The molecular formula is C13H15N5O2S. The van der Waals surface area contributed by atoms with Crippen LogP contribution in [0.15, 0.2) is 34.5 Å². The molecule has 21 heavy (non-hydrogen) atoms. The van der Waals surface area contributed by atoms with Crippen molar-refractivity contribution in [1.82, 2.24) is 20.6 Å². The number of benzene rings is 1. The Kier molecular flexibility index (Phi) is 4.94. The smallest absolute Gasteiger partial charge is 0.250 e. The molecule has 2 rings (SSSR count). The predicted octanol–water partition coefficient (Wildman–Crippen LogP) is 1.45. The summed E-state index contributed by atoms with van der Waals surface area (Å²) in [4.78, 5) is 15.8. The number of phenols is 1. The lowest BCUT2D eigenvalue weighted by Gasteiger charge is -2.02. The van der Waals surface area contributed by atoms with Gasteiger partial charge in [0.2, 0.25) is 5.16 Å². The molecule has 1 aromatic heterocycles. The normalized spacial score (nSPS) is 11.4. The molecule has 8 heteroatoms. The van der Waals surface area contributed by atoms with E-state index in [0.29, 0.717) is 16.7 Å². The van der Waals surface area contributed by atoms with Crippen molar-refractivity contribution in [3.05, 3.63) is 35.7 Å². The summed E-state index contributed by atoms with van der Waals surface area (Å²) >= 11 is 1.23. The third-order valence-electron chi connectivity index (χ3n) is 2.54. The van der Waals surface area contributed by atoms with E-state index in [1.807, 2.05) is 0 Å². The number of aromatic hydroxyl groups is 1. The average Bonchev–Trinajstić information content (AvgIpc) is 2.89. The van der Waals surface area contributed by atoms with Crippen molar-refractivity contribution in [2.75, 3.05) is 5.75 Å². The van der Waals surface area contributed by atoms with Crippen molar-refractivity contribution in [3.8, 4) is 5.75 Å². The van der Waals surface area contributed by atoms with Gasteiger partial charge in [-0.3, -0.25) is 9.89 Å². The van der Waals surface area contributed by atoms with E-state index in [1.54, 1.807) is 38.1 Å². The minimum absolute atomic E-state index is 0.184. The van der Waals surface area contributed by atoms with Gasteiger partial charge in [0.05, 0.1) is 11.5 Å². The van der Waals surface area contributed by atoms with Gasteiger partial charge < -0.3 is 5.11 Å². The van der Waals surface area contributed by atoms with Crippen LogP contribution in [0.1, 0.15) is 18.3 Å². The van der Waals surface area contributed by atoms with Crippen molar-refractivity contribution >= 4 is 23.4 Å². The molecular weight excluding hydrogens is 290 g/mol. The third-order valence-corrected chi connectivity index (χ3v) is 3.39. The van der Waals surface area contributed by atoms with Gasteiger partial charge in [0.15, 0.2) is 0 Å². The summed E-state index contributed by atoms with van der Waals surface area (Å²) in [7, 11) is 0. The molecule has 0 unspecified atom stereocenters. The number of amides is 1. The van der Waals surface area contributed by atoms with E-state index in [4.69, 9.17) is 0 Å². The fraction of sp³-hybridized carbons (Fsp3) is 0.231. The van der Waals surface area contributed by atoms with Crippen LogP contribution in [-0.2, 0) is 4.79 Å². The van der Waals surface area contributed by atoms with Crippen molar-refractivity contribution in [1.29, 1.82) is 0 Å². The van der Waals surface area contributed by atoms with Crippen molar-refractivity contribution in [2.24, 2.45) is 5.10 Å². The first-order valence-corrected chi connectivity index (χ1v) is 7.17. The number of nitrogens with zero attached hydrogens (tertiary/aromatic N) is 3. The fourth-order valence-electron chi connectivity index (χ4n) is 1.46. The molecule has 0 bridgehead atoms. The van der Waals surface area contributed by atoms with Crippen LogP contribution >= 0.6 is 11.8 Å². The number of nitrogens with one attached hydrogen (secondary N) is 2. The molecule has 2 aromatic rings. The number of H-pyrrole nitrogens is 1. The van der Waals surface area contributed by atoms with E-state index < -0.39 is 0 Å². The van der Waals surface area contributed by atoms with Gasteiger partial charge in [-0.05, 0) is 43.7 Å². The third kappa shape index (κ3) is 4.60. The summed E-state index contributed by atoms with van der Waals surface area (Å²) in [5.74, 6) is 0.845. The van der Waals surface area contributed by atoms with Gasteiger partial charge in [0.25, 0.3) is 5.91 Å². The zero-order valence-electron chi connectivity index (χ0n) is 11.6. The lowest BCUT2D eigenvalue weighted by atomic mass is 10.1. The predicted molar refractivity (Wildman–Crippen MR) is 80.3 cm³/mol. The van der Waals surface area contributed by atoms with Gasteiger partial charge in [-0.1, -0.05) is 11.8 Å². The van der Waals surface area contributed by atoms with Crippen LogP contribution in [-0.4, -0.2) is 37.7 Å². The first-order chi connectivity index (χ1) is 10.0. The zero-order valence-corrected chi connectivity index (χ0v) is 12.4. The molecule has 7 nitrogen and oxygen atoms in total. The number of aromatic nitrogens is 3. The topological polar surface area (TPSA) is 103 Å². The molecule has 1 aromatic carbocycles. The van der Waals surface area contributed by atoms with Gasteiger partial charge >= 0.3 is 0 Å². The van der Waals surface area contributed by atoms with Crippen molar-refractivity contribution < 1.29 is 9.90 Å². The number of phenolic OH excluding ortho intramolecular Hbond substituents is 1. The summed E-state index contributed by atoms with van der Waals surface area (Å²) in [6.07, 6.45) is 0. The SMILES string of the molecule is C/C(=N\NC(=O)CSc1n[nH]c(C)n1)c1ccc(O)cc1. The number of hydrogen-bond donors (Lipinski definition) is 3. The number of hydrogen-bond acceptors (Lipinski definition) is 6. The second-order valence-electron chi connectivity index (χ2n) is 4.27. The number of hydrazone groups is 1. The highest BCUT2D eigenvalue weighted by molar-refractivity contribution is 7.99. The Morgan fingerprint density at radius 1 is 1.43 bits per heavy atom. The minimum Gasteiger partial charge on any atom is -0.508 e. The number of thioether (sulfide) groups is 1. The van der Waals surface area contributed by atoms with Crippen molar-refractivity contribution in [2.45, 2.75) is 19.0 Å². The van der Waals surface area contributed by atoms with Crippen LogP contribution in [0.5, 0.6) is 5.75 Å². The average molecular weight is 305 g/mol. The molecule has 1 amide bonds. The molecule has 110 valence electrons. The van der Waals surface area contributed by atoms with E-state index in [2.05, 4.69) is 25.7 Å². The highest BCUT2D eigenvalue weighted by Crippen LogP contribution is 2.12. The van der Waals surface area contributed by atoms with Crippen LogP contribution in [0.3, 0.4) is 0 Å². The second-order valence-corrected chi connectivity index (χ2v) is 5.21. The van der Waals surface area contributed by atoms with Gasteiger partial charge in [-0.2, -0.15) is 5.10 Å². The van der Waals surface area contributed by atoms with Crippen LogP contribution in [0.2, 0.25) is 0 Å². The molecule has 0 atom stereocenters. The molecule has 0 aliphatic heterocycles. The Hall–Kier alpha value is -2.35. The molecule has 0 radical (unpaired) electrons. The largest absolute Gasteiger partial charge is 0.508 e. The molecule has 0 aliphatic rings. The molecule has 1 heterocycles. The molecule has 0 fully saturated rings. The van der Waals surface area contributed by atoms with E-state index in [0.717, 1.165) is 5.56 Å². The molecule has 0 saturated heterocycles. The Morgan fingerprint density at radius 2 is 2.14 bits per heavy atom. The molecule has 0 aliphatic carbocycles. The monoisotopic (exact) mass is 305 g/mol. The number of carbonyl (C=O) groups is 1. The number of carbonyl (C=O) groups excluding carboxylic acids is 1. The lowest BCUT2D eigenvalue weighted by Crippen LogP contribution is -2.21. The zero-order chi connectivity index (χ0) is 15.2. The Morgan fingerprint density at radius 3 is 2.76 bits per heavy atom. The maximum absolute atomic E-state index is 11.7. The Balaban J connectivity index is 1.84. The summed E-state index contributed by atoms with van der Waals surface area (Å²) in [5.41, 5.74) is 3.95. The Bertz CT molecular complexity index is 651. The fourth-order valence-corrected chi connectivity index (χ4v) is 2.10. The summed E-state index contributed by atoms with van der Waals surface area (Å²) < 4.78 is 0. The highest BCUT2D eigenvalue weighted by atomic mass is 32.2. The quantitative estimate of drug-likeness (QED) is 0.441. The summed E-state index contributed by atoms with van der Waals surface area (Å²) in [6.45, 7) is 3.57. The second kappa shape index (κ2) is 6.89. The first-order valence-electron chi connectivity index (χ1n) is 6.19. The standard InChI is InChI=1S/C13H15N5O2S/c1-8(10-3-5-11(19)6-4-10)15-17-12(20)7-21-13-14-9(2)16-18-13/h3-6,19H,7H2,1-2H3,(H,17,20)(H,14,16,18)/b15-8+. The van der Waals surface area contributed by atoms with E-state index in [-0.39, 0.29) is 17.4 Å². The minimum atomic E-state index is -0.236. The van der Waals surface area contributed by atoms with Crippen LogP contribution in [0.4, 0.5) is 0 Å². The number of aryl methyl sites for hydroxylation is 1. The van der Waals surface area contributed by atoms with Gasteiger partial charge in [-0.15, -0.1) is 5.10 Å². The maximum Gasteiger partial charge on any atom is 0.250 e. The molecule has 0 spiro atoms. The van der Waals surface area contributed by atoms with E-state index >= 15 is 0 Å². The van der Waals surface area contributed by atoms with Gasteiger partial charge in [0, 0.05) is 0 Å². The van der Waals surface area contributed by atoms with E-state index in [9.17, 15) is 9.90 Å². The van der Waals surface area contributed by atoms with E-state index in [1.165, 1.54) is 11.8 Å². The van der Waals surface area contributed by atoms with Crippen LogP contribution < -0.4 is 5.43 Å². The summed E-state index contributed by atoms with van der Waals surface area (Å²) in [6, 6.07) is 6.59. The molecule has 0 saturated carbocycles. The van der Waals surface area contributed by atoms with Gasteiger partial charge in [0.1, 0.15) is 11.6 Å². The first kappa shape index (κ1) is 15.0. The Labute approximate surface area is 125 Å². The number of rotatable bonds is 5.